The maximum atomic E-state index is 6.00. The van der Waals surface area contributed by atoms with Gasteiger partial charge in [-0.05, 0) is 35.3 Å². The van der Waals surface area contributed by atoms with E-state index in [2.05, 4.69) is 37.7 Å². The van der Waals surface area contributed by atoms with E-state index in [0.29, 0.717) is 5.82 Å². The van der Waals surface area contributed by atoms with Crippen LogP contribution < -0.4 is 11.1 Å². The van der Waals surface area contributed by atoms with Crippen LogP contribution in [0, 0.1) is 5.41 Å². The van der Waals surface area contributed by atoms with Gasteiger partial charge in [0.2, 0.25) is 0 Å². The van der Waals surface area contributed by atoms with Crippen LogP contribution in [0.2, 0.25) is 0 Å². The van der Waals surface area contributed by atoms with Gasteiger partial charge < -0.3 is 11.1 Å². The van der Waals surface area contributed by atoms with Crippen LogP contribution in [0.1, 0.15) is 20.8 Å². The Balaban J connectivity index is 2.16. The fourth-order valence-corrected chi connectivity index (χ4v) is 2.26. The minimum absolute atomic E-state index is 0.0218. The van der Waals surface area contributed by atoms with Gasteiger partial charge in [0, 0.05) is 5.69 Å². The van der Waals surface area contributed by atoms with E-state index in [0.717, 1.165) is 21.5 Å². The molecule has 0 aliphatic rings. The minimum atomic E-state index is 0.0218. The first-order chi connectivity index (χ1) is 8.86. The molecule has 0 aliphatic heterocycles. The maximum Gasteiger partial charge on any atom is 0.101 e. The Morgan fingerprint density at radius 1 is 1.42 bits per heavy atom. The molecule has 2 aromatic rings. The summed E-state index contributed by atoms with van der Waals surface area (Å²) in [5, 5.41) is 3.18. The first-order valence-electron chi connectivity index (χ1n) is 6.13. The number of thiazole rings is 1. The molecule has 0 fully saturated rings. The molecule has 1 aromatic heterocycles. The van der Waals surface area contributed by atoms with Crippen molar-refractivity contribution in [3.8, 4) is 0 Å². The Morgan fingerprint density at radius 3 is 2.84 bits per heavy atom. The van der Waals surface area contributed by atoms with Gasteiger partial charge in [0.25, 0.3) is 0 Å². The van der Waals surface area contributed by atoms with Gasteiger partial charge in [0.15, 0.2) is 0 Å². The molecule has 1 aromatic carbocycles. The van der Waals surface area contributed by atoms with Gasteiger partial charge in [-0.2, -0.15) is 0 Å². The molecule has 100 valence electrons. The SMILES string of the molecule is C=C(/C=C(\N)Nc1ccc2ncsc2c1)C(C)(C)C. The molecule has 19 heavy (non-hydrogen) atoms. The van der Waals surface area contributed by atoms with Gasteiger partial charge in [-0.25, -0.2) is 4.98 Å². The van der Waals surface area contributed by atoms with Gasteiger partial charge in [0.1, 0.15) is 5.82 Å². The number of nitrogens with one attached hydrogen (secondary N) is 1. The number of anilines is 1. The largest absolute Gasteiger partial charge is 0.385 e. The van der Waals surface area contributed by atoms with Crippen molar-refractivity contribution in [1.82, 2.24) is 4.98 Å². The van der Waals surface area contributed by atoms with E-state index in [-0.39, 0.29) is 5.41 Å². The van der Waals surface area contributed by atoms with Crippen LogP contribution in [0.4, 0.5) is 5.69 Å². The summed E-state index contributed by atoms with van der Waals surface area (Å²) in [6.07, 6.45) is 1.89. The predicted molar refractivity (Wildman–Crippen MR) is 84.1 cm³/mol. The molecule has 0 atom stereocenters. The molecular weight excluding hydrogens is 254 g/mol. The molecule has 0 radical (unpaired) electrons. The molecule has 0 aliphatic carbocycles. The number of nitrogens with zero attached hydrogens (tertiary/aromatic N) is 1. The number of benzene rings is 1. The van der Waals surface area contributed by atoms with Crippen molar-refractivity contribution in [3.05, 3.63) is 47.8 Å². The van der Waals surface area contributed by atoms with Crippen LogP contribution in [0.3, 0.4) is 0 Å². The molecule has 0 saturated carbocycles. The summed E-state index contributed by atoms with van der Waals surface area (Å²) in [5.41, 5.74) is 10.8. The number of hydrogen-bond donors (Lipinski definition) is 2. The number of fused-ring (bicyclic) bond motifs is 1. The lowest BCUT2D eigenvalue weighted by molar-refractivity contribution is 0.518. The monoisotopic (exact) mass is 273 g/mol. The predicted octanol–water partition coefficient (Wildman–Crippen LogP) is 4.11. The molecule has 4 heteroatoms. The van der Waals surface area contributed by atoms with Crippen molar-refractivity contribution in [2.75, 3.05) is 5.32 Å². The highest BCUT2D eigenvalue weighted by Crippen LogP contribution is 2.26. The van der Waals surface area contributed by atoms with E-state index in [4.69, 9.17) is 5.73 Å². The van der Waals surface area contributed by atoms with Crippen molar-refractivity contribution in [3.63, 3.8) is 0 Å². The zero-order valence-electron chi connectivity index (χ0n) is 11.5. The molecular formula is C15H19N3S. The average Bonchev–Trinajstić information content (AvgIpc) is 2.74. The van der Waals surface area contributed by atoms with Crippen molar-refractivity contribution < 1.29 is 0 Å². The zero-order chi connectivity index (χ0) is 14.0. The highest BCUT2D eigenvalue weighted by atomic mass is 32.1. The van der Waals surface area contributed by atoms with Gasteiger partial charge in [-0.3, -0.25) is 0 Å². The third-order valence-electron chi connectivity index (χ3n) is 2.91. The highest BCUT2D eigenvalue weighted by molar-refractivity contribution is 7.16. The molecule has 3 nitrogen and oxygen atoms in total. The summed E-state index contributed by atoms with van der Waals surface area (Å²) in [7, 11) is 0. The third kappa shape index (κ3) is 3.35. The number of hydrogen-bond acceptors (Lipinski definition) is 4. The number of rotatable bonds is 3. The molecule has 0 unspecified atom stereocenters. The second-order valence-corrected chi connectivity index (χ2v) is 6.42. The van der Waals surface area contributed by atoms with Crippen LogP contribution in [-0.4, -0.2) is 4.98 Å². The number of aromatic nitrogens is 1. The fraction of sp³-hybridized carbons (Fsp3) is 0.267. The van der Waals surface area contributed by atoms with Gasteiger partial charge in [-0.1, -0.05) is 27.4 Å². The zero-order valence-corrected chi connectivity index (χ0v) is 12.3. The second kappa shape index (κ2) is 5.05. The van der Waals surface area contributed by atoms with Crippen LogP contribution >= 0.6 is 11.3 Å². The van der Waals surface area contributed by atoms with Crippen LogP contribution in [-0.2, 0) is 0 Å². The van der Waals surface area contributed by atoms with E-state index in [1.165, 1.54) is 0 Å². The van der Waals surface area contributed by atoms with Crippen molar-refractivity contribution >= 4 is 27.2 Å². The van der Waals surface area contributed by atoms with Crippen LogP contribution in [0.25, 0.3) is 10.2 Å². The Bertz CT molecular complexity index is 632. The van der Waals surface area contributed by atoms with E-state index >= 15 is 0 Å². The Kier molecular flexibility index (Phi) is 3.62. The Hall–Kier alpha value is -1.81. The molecule has 1 heterocycles. The van der Waals surface area contributed by atoms with E-state index in [9.17, 15) is 0 Å². The normalized spacial score (nSPS) is 12.7. The summed E-state index contributed by atoms with van der Waals surface area (Å²) in [6.45, 7) is 10.4. The lowest BCUT2D eigenvalue weighted by Gasteiger charge is -2.19. The molecule has 0 spiro atoms. The average molecular weight is 273 g/mol. The van der Waals surface area contributed by atoms with Crippen molar-refractivity contribution in [2.45, 2.75) is 20.8 Å². The summed E-state index contributed by atoms with van der Waals surface area (Å²) < 4.78 is 1.15. The quantitative estimate of drug-likeness (QED) is 0.827. The third-order valence-corrected chi connectivity index (χ3v) is 3.70. The highest BCUT2D eigenvalue weighted by Gasteiger charge is 2.13. The summed E-state index contributed by atoms with van der Waals surface area (Å²) in [5.74, 6) is 0.601. The molecule has 0 amide bonds. The smallest absolute Gasteiger partial charge is 0.101 e. The number of allylic oxidation sites excluding steroid dienone is 2. The van der Waals surface area contributed by atoms with Gasteiger partial charge in [-0.15, -0.1) is 11.3 Å². The second-order valence-electron chi connectivity index (χ2n) is 5.53. The van der Waals surface area contributed by atoms with Crippen molar-refractivity contribution in [1.29, 1.82) is 0 Å². The van der Waals surface area contributed by atoms with Crippen LogP contribution in [0.15, 0.2) is 47.8 Å². The summed E-state index contributed by atoms with van der Waals surface area (Å²) in [4.78, 5) is 4.25. The van der Waals surface area contributed by atoms with E-state index < -0.39 is 0 Å². The Morgan fingerprint density at radius 2 is 2.16 bits per heavy atom. The molecule has 3 N–H and O–H groups in total. The fourth-order valence-electron chi connectivity index (χ4n) is 1.54. The lowest BCUT2D eigenvalue weighted by atomic mass is 9.87. The summed E-state index contributed by atoms with van der Waals surface area (Å²) >= 11 is 1.62. The first kappa shape index (κ1) is 13.6. The molecule has 0 bridgehead atoms. The maximum absolute atomic E-state index is 6.00. The van der Waals surface area contributed by atoms with Gasteiger partial charge >= 0.3 is 0 Å². The molecule has 2 rings (SSSR count). The minimum Gasteiger partial charge on any atom is -0.385 e. The topological polar surface area (TPSA) is 50.9 Å². The van der Waals surface area contributed by atoms with Crippen LogP contribution in [0.5, 0.6) is 0 Å². The lowest BCUT2D eigenvalue weighted by Crippen LogP contribution is -2.13. The van der Waals surface area contributed by atoms with E-state index in [1.54, 1.807) is 11.3 Å². The van der Waals surface area contributed by atoms with E-state index in [1.807, 2.05) is 29.8 Å². The Labute approximate surface area is 117 Å². The first-order valence-corrected chi connectivity index (χ1v) is 7.01. The molecule has 0 saturated heterocycles. The standard InChI is InChI=1S/C15H19N3S/c1-10(15(2,3)4)7-14(16)18-11-5-6-12-13(8-11)19-9-17-12/h5-9,18H,1,16H2,2-4H3/b14-7+. The number of nitrogens with two attached hydrogens (primary N) is 1. The van der Waals surface area contributed by atoms with Crippen molar-refractivity contribution in [2.24, 2.45) is 11.1 Å². The van der Waals surface area contributed by atoms with Gasteiger partial charge in [0.05, 0.1) is 15.7 Å². The summed E-state index contributed by atoms with van der Waals surface area (Å²) in [6, 6.07) is 6.01.